The highest BCUT2D eigenvalue weighted by Crippen LogP contribution is 2.34. The van der Waals surface area contributed by atoms with Gasteiger partial charge in [-0.05, 0) is 61.7 Å². The Kier molecular flexibility index (Phi) is 5.34. The van der Waals surface area contributed by atoms with Gasteiger partial charge >= 0.3 is 5.97 Å². The maximum Gasteiger partial charge on any atom is 0.330 e. The molecule has 2 heterocycles. The normalized spacial score (nSPS) is 16.6. The van der Waals surface area contributed by atoms with Gasteiger partial charge in [-0.15, -0.1) is 5.06 Å². The Morgan fingerprint density at radius 3 is 2.65 bits per heavy atom. The predicted molar refractivity (Wildman–Crippen MR) is 103 cm³/mol. The van der Waals surface area contributed by atoms with Gasteiger partial charge < -0.3 is 10.2 Å². The molecule has 0 atom stereocenters. The van der Waals surface area contributed by atoms with Crippen LogP contribution < -0.4 is 5.32 Å². The minimum Gasteiger partial charge on any atom is -0.367 e. The number of anilines is 1. The average molecular weight is 423 g/mol. The fourth-order valence-electron chi connectivity index (χ4n) is 2.95. The van der Waals surface area contributed by atoms with Crippen LogP contribution in [0.25, 0.3) is 10.9 Å². The van der Waals surface area contributed by atoms with Crippen molar-refractivity contribution in [3.05, 3.63) is 22.8 Å². The van der Waals surface area contributed by atoms with Gasteiger partial charge in [0.1, 0.15) is 10.1 Å². The molecule has 1 amide bonds. The van der Waals surface area contributed by atoms with Crippen LogP contribution in [0.2, 0.25) is 0 Å². The summed E-state index contributed by atoms with van der Waals surface area (Å²) in [6, 6.07) is 5.89. The summed E-state index contributed by atoms with van der Waals surface area (Å²) in [5.41, 5.74) is 0.934. The Morgan fingerprint density at radius 2 is 2.04 bits per heavy atom. The topological polar surface area (TPSA) is 76.5 Å². The minimum absolute atomic E-state index is 0.199. The SMILES string of the molecule is CC(C)(C)C(=O)ON1CCC(n2nc3c(NC=O)cccc3c2Br)CC1. The van der Waals surface area contributed by atoms with Gasteiger partial charge in [0.05, 0.1) is 17.1 Å². The maximum absolute atomic E-state index is 12.0. The third-order valence-corrected chi connectivity index (χ3v) is 5.27. The zero-order valence-electron chi connectivity index (χ0n) is 15.2. The Labute approximate surface area is 160 Å². The van der Waals surface area contributed by atoms with E-state index in [0.717, 1.165) is 28.3 Å². The molecule has 8 heteroatoms. The molecule has 1 aliphatic rings. The molecule has 1 aliphatic heterocycles. The molecule has 0 bridgehead atoms. The Morgan fingerprint density at radius 1 is 1.35 bits per heavy atom. The van der Waals surface area contributed by atoms with E-state index in [-0.39, 0.29) is 12.0 Å². The largest absolute Gasteiger partial charge is 0.367 e. The second-order valence-electron chi connectivity index (χ2n) is 7.49. The lowest BCUT2D eigenvalue weighted by Gasteiger charge is -2.32. The molecule has 0 aliphatic carbocycles. The number of fused-ring (bicyclic) bond motifs is 1. The molecular weight excluding hydrogens is 400 g/mol. The Bertz CT molecular complexity index is 820. The number of piperidine rings is 1. The number of hydroxylamine groups is 2. The van der Waals surface area contributed by atoms with Crippen molar-refractivity contribution >= 4 is 44.9 Å². The summed E-state index contributed by atoms with van der Waals surface area (Å²) in [6.45, 7) is 6.86. The Hall–Kier alpha value is -1.93. The predicted octanol–water partition coefficient (Wildman–Crippen LogP) is 3.51. The summed E-state index contributed by atoms with van der Waals surface area (Å²) in [7, 11) is 0. The molecule has 1 fully saturated rings. The van der Waals surface area contributed by atoms with E-state index >= 15 is 0 Å². The summed E-state index contributed by atoms with van der Waals surface area (Å²) in [4.78, 5) is 28.3. The smallest absolute Gasteiger partial charge is 0.330 e. The van der Waals surface area contributed by atoms with Gasteiger partial charge in [-0.2, -0.15) is 5.10 Å². The number of halogens is 1. The summed E-state index contributed by atoms with van der Waals surface area (Å²) >= 11 is 3.64. The Balaban J connectivity index is 1.74. The molecule has 1 N–H and O–H groups in total. The maximum atomic E-state index is 12.0. The van der Waals surface area contributed by atoms with Gasteiger partial charge in [-0.1, -0.05) is 6.07 Å². The van der Waals surface area contributed by atoms with E-state index in [1.165, 1.54) is 0 Å². The van der Waals surface area contributed by atoms with Gasteiger partial charge in [0.15, 0.2) is 0 Å². The zero-order chi connectivity index (χ0) is 18.9. The standard InChI is InChI=1S/C18H23BrN4O3/c1-18(2,3)17(25)26-22-9-7-12(8-10-22)23-16(19)13-5-4-6-14(20-11-24)15(13)21-23/h4-6,11-12H,7-10H2,1-3H3,(H,20,24). The summed E-state index contributed by atoms with van der Waals surface area (Å²) in [6.07, 6.45) is 2.30. The lowest BCUT2D eigenvalue weighted by molar-refractivity contribution is -0.205. The summed E-state index contributed by atoms with van der Waals surface area (Å²) < 4.78 is 2.86. The molecule has 140 valence electrons. The highest BCUT2D eigenvalue weighted by Gasteiger charge is 2.30. The molecule has 0 saturated carbocycles. The van der Waals surface area contributed by atoms with Crippen molar-refractivity contribution in [2.45, 2.75) is 39.7 Å². The molecular formula is C18H23BrN4O3. The monoisotopic (exact) mass is 422 g/mol. The van der Waals surface area contributed by atoms with Crippen molar-refractivity contribution in [2.24, 2.45) is 5.41 Å². The zero-order valence-corrected chi connectivity index (χ0v) is 16.7. The number of hydrogen-bond acceptors (Lipinski definition) is 5. The average Bonchev–Trinajstić information content (AvgIpc) is 2.93. The van der Waals surface area contributed by atoms with Crippen LogP contribution in [0.3, 0.4) is 0 Å². The number of carbonyl (C=O) groups excluding carboxylic acids is 2. The molecule has 0 radical (unpaired) electrons. The van der Waals surface area contributed by atoms with Crippen LogP contribution in [0.4, 0.5) is 5.69 Å². The molecule has 0 spiro atoms. The van der Waals surface area contributed by atoms with E-state index in [1.54, 1.807) is 5.06 Å². The third-order valence-electron chi connectivity index (χ3n) is 4.48. The first kappa shape index (κ1) is 18.8. The second-order valence-corrected chi connectivity index (χ2v) is 8.24. The van der Waals surface area contributed by atoms with Crippen molar-refractivity contribution in [3.63, 3.8) is 0 Å². The summed E-state index contributed by atoms with van der Waals surface area (Å²) in [5.74, 6) is -0.216. The van der Waals surface area contributed by atoms with E-state index in [4.69, 9.17) is 9.94 Å². The number of benzene rings is 1. The molecule has 1 aromatic carbocycles. The first-order valence-electron chi connectivity index (χ1n) is 8.65. The minimum atomic E-state index is -0.512. The van der Waals surface area contributed by atoms with E-state index in [1.807, 2.05) is 43.7 Å². The third kappa shape index (κ3) is 3.76. The number of aromatic nitrogens is 2. The van der Waals surface area contributed by atoms with E-state index in [9.17, 15) is 9.59 Å². The van der Waals surface area contributed by atoms with Gasteiger partial charge in [0, 0.05) is 18.5 Å². The van der Waals surface area contributed by atoms with Crippen LogP contribution in [0.1, 0.15) is 39.7 Å². The lowest BCUT2D eigenvalue weighted by atomic mass is 9.98. The van der Waals surface area contributed by atoms with Crippen LogP contribution in [0, 0.1) is 5.41 Å². The quantitative estimate of drug-likeness (QED) is 0.762. The number of amides is 1. The summed E-state index contributed by atoms with van der Waals surface area (Å²) in [5, 5.41) is 10.1. The van der Waals surface area contributed by atoms with Crippen molar-refractivity contribution in [1.82, 2.24) is 14.8 Å². The first-order valence-corrected chi connectivity index (χ1v) is 9.45. The molecule has 2 aromatic rings. The molecule has 7 nitrogen and oxygen atoms in total. The number of carbonyl (C=O) groups is 2. The van der Waals surface area contributed by atoms with Gasteiger partial charge in [0.25, 0.3) is 0 Å². The molecule has 3 rings (SSSR count). The van der Waals surface area contributed by atoms with Crippen LogP contribution in [-0.2, 0) is 14.4 Å². The fraction of sp³-hybridized carbons (Fsp3) is 0.500. The second kappa shape index (κ2) is 7.36. The highest BCUT2D eigenvalue weighted by molar-refractivity contribution is 9.10. The van der Waals surface area contributed by atoms with Crippen LogP contribution in [0.15, 0.2) is 22.8 Å². The molecule has 0 unspecified atom stereocenters. The number of nitrogens with one attached hydrogen (secondary N) is 1. The first-order chi connectivity index (χ1) is 12.3. The highest BCUT2D eigenvalue weighted by atomic mass is 79.9. The van der Waals surface area contributed by atoms with E-state index in [2.05, 4.69) is 21.2 Å². The van der Waals surface area contributed by atoms with Gasteiger partial charge in [-0.3, -0.25) is 9.48 Å². The van der Waals surface area contributed by atoms with Crippen molar-refractivity contribution in [2.75, 3.05) is 18.4 Å². The van der Waals surface area contributed by atoms with E-state index in [0.29, 0.717) is 25.2 Å². The van der Waals surface area contributed by atoms with Crippen molar-refractivity contribution in [3.8, 4) is 0 Å². The van der Waals surface area contributed by atoms with Crippen LogP contribution >= 0.6 is 15.9 Å². The van der Waals surface area contributed by atoms with Gasteiger partial charge in [0.2, 0.25) is 6.41 Å². The molecule has 1 aromatic heterocycles. The molecule has 1 saturated heterocycles. The van der Waals surface area contributed by atoms with Crippen molar-refractivity contribution < 1.29 is 14.4 Å². The number of nitrogens with zero attached hydrogens (tertiary/aromatic N) is 3. The van der Waals surface area contributed by atoms with E-state index < -0.39 is 5.41 Å². The number of hydrogen-bond donors (Lipinski definition) is 1. The van der Waals surface area contributed by atoms with Crippen molar-refractivity contribution in [1.29, 1.82) is 0 Å². The fourth-order valence-corrected chi connectivity index (χ4v) is 3.64. The van der Waals surface area contributed by atoms with Crippen LogP contribution in [-0.4, -0.2) is 40.3 Å². The van der Waals surface area contributed by atoms with Crippen LogP contribution in [0.5, 0.6) is 0 Å². The molecule has 26 heavy (non-hydrogen) atoms. The van der Waals surface area contributed by atoms with Gasteiger partial charge in [-0.25, -0.2) is 4.79 Å². The lowest BCUT2D eigenvalue weighted by Crippen LogP contribution is -2.39. The number of rotatable bonds is 4.